The Morgan fingerprint density at radius 2 is 1.71 bits per heavy atom. The first kappa shape index (κ1) is 18.8. The first-order valence-electron chi connectivity index (χ1n) is 7.16. The molecule has 0 aromatic heterocycles. The van der Waals surface area contributed by atoms with Gasteiger partial charge in [-0.15, -0.1) is 0 Å². The molecule has 0 saturated carbocycles. The van der Waals surface area contributed by atoms with Gasteiger partial charge in [-0.3, -0.25) is 0 Å². The van der Waals surface area contributed by atoms with Crippen molar-refractivity contribution in [3.8, 4) is 0 Å². The van der Waals surface area contributed by atoms with Gasteiger partial charge in [0.05, 0.1) is 0 Å². The molecule has 0 radical (unpaired) electrons. The SMILES string of the molecule is C=N.CC.CC/C(C)=C\Nc1ccc2cc(F)ccc2c1. The van der Waals surface area contributed by atoms with Crippen molar-refractivity contribution < 1.29 is 4.39 Å². The Labute approximate surface area is 127 Å². The number of allylic oxidation sites excluding steroid dienone is 1. The minimum absolute atomic E-state index is 0.195. The van der Waals surface area contributed by atoms with Crippen LogP contribution in [0.2, 0.25) is 0 Å². The third kappa shape index (κ3) is 6.21. The van der Waals surface area contributed by atoms with Crippen molar-refractivity contribution in [1.29, 1.82) is 5.41 Å². The lowest BCUT2D eigenvalue weighted by molar-refractivity contribution is 0.630. The Bertz CT molecular complexity index is 576. The highest BCUT2D eigenvalue weighted by atomic mass is 19.1. The van der Waals surface area contributed by atoms with Crippen LogP contribution in [0, 0.1) is 11.2 Å². The minimum Gasteiger partial charge on any atom is -0.362 e. The molecule has 2 aromatic rings. The second-order valence-corrected chi connectivity index (χ2v) is 4.19. The molecule has 3 heteroatoms. The lowest BCUT2D eigenvalue weighted by atomic mass is 10.1. The smallest absolute Gasteiger partial charge is 0.123 e. The standard InChI is InChI=1S/C15H16FN.C2H6.CH3N/c1-3-11(2)10-17-15-7-5-12-8-14(16)6-4-13(12)9-15;2*1-2/h4-10,17H,3H2,1-2H3;1-2H3;2H,1H2/b11-10-;;. The Hall–Kier alpha value is -2.16. The number of hydrogen-bond acceptors (Lipinski definition) is 2. The molecule has 0 aliphatic heterocycles. The third-order valence-corrected chi connectivity index (χ3v) is 2.85. The summed E-state index contributed by atoms with van der Waals surface area (Å²) in [6.45, 7) is 10.7. The summed E-state index contributed by atoms with van der Waals surface area (Å²) in [6.07, 6.45) is 3.04. The van der Waals surface area contributed by atoms with Crippen molar-refractivity contribution in [2.45, 2.75) is 34.1 Å². The highest BCUT2D eigenvalue weighted by Crippen LogP contribution is 2.20. The maximum absolute atomic E-state index is 13.0. The van der Waals surface area contributed by atoms with Gasteiger partial charge in [0, 0.05) is 5.69 Å². The predicted octanol–water partition coefficient (Wildman–Crippen LogP) is 6.00. The Balaban J connectivity index is 0.000000921. The van der Waals surface area contributed by atoms with Crippen LogP contribution in [0.4, 0.5) is 10.1 Å². The zero-order valence-corrected chi connectivity index (χ0v) is 13.3. The van der Waals surface area contributed by atoms with Gasteiger partial charge in [0.15, 0.2) is 0 Å². The van der Waals surface area contributed by atoms with Crippen LogP contribution in [0.3, 0.4) is 0 Å². The van der Waals surface area contributed by atoms with E-state index in [-0.39, 0.29) is 5.82 Å². The molecule has 21 heavy (non-hydrogen) atoms. The molecule has 0 atom stereocenters. The highest BCUT2D eigenvalue weighted by molar-refractivity contribution is 5.85. The Kier molecular flexibility index (Phi) is 9.52. The van der Waals surface area contributed by atoms with Gasteiger partial charge in [-0.05, 0) is 61.3 Å². The quantitative estimate of drug-likeness (QED) is 0.668. The van der Waals surface area contributed by atoms with Gasteiger partial charge in [0.25, 0.3) is 0 Å². The lowest BCUT2D eigenvalue weighted by Crippen LogP contribution is -1.89. The number of halogens is 1. The zero-order valence-electron chi connectivity index (χ0n) is 13.3. The monoisotopic (exact) mass is 288 g/mol. The fourth-order valence-electron chi connectivity index (χ4n) is 1.61. The summed E-state index contributed by atoms with van der Waals surface area (Å²) < 4.78 is 13.0. The van der Waals surface area contributed by atoms with E-state index in [0.29, 0.717) is 0 Å². The van der Waals surface area contributed by atoms with Gasteiger partial charge < -0.3 is 10.7 Å². The first-order chi connectivity index (χ1) is 10.2. The van der Waals surface area contributed by atoms with E-state index in [0.717, 1.165) is 22.9 Å². The third-order valence-electron chi connectivity index (χ3n) is 2.85. The van der Waals surface area contributed by atoms with Crippen LogP contribution in [0.25, 0.3) is 10.8 Å². The number of hydrogen-bond donors (Lipinski definition) is 2. The largest absolute Gasteiger partial charge is 0.362 e. The molecule has 0 unspecified atom stereocenters. The van der Waals surface area contributed by atoms with Gasteiger partial charge in [0.1, 0.15) is 5.82 Å². The average Bonchev–Trinajstić information content (AvgIpc) is 2.56. The normalized spacial score (nSPS) is 10.0. The fourth-order valence-corrected chi connectivity index (χ4v) is 1.61. The molecule has 0 saturated heterocycles. The molecule has 0 heterocycles. The molecule has 2 N–H and O–H groups in total. The van der Waals surface area contributed by atoms with E-state index in [1.54, 1.807) is 12.1 Å². The average molecular weight is 288 g/mol. The van der Waals surface area contributed by atoms with Gasteiger partial charge in [-0.2, -0.15) is 0 Å². The number of benzene rings is 2. The van der Waals surface area contributed by atoms with Crippen LogP contribution in [-0.2, 0) is 0 Å². The van der Waals surface area contributed by atoms with Gasteiger partial charge in [-0.25, -0.2) is 4.39 Å². The molecule has 0 fully saturated rings. The molecule has 0 amide bonds. The number of nitrogens with one attached hydrogen (secondary N) is 2. The fraction of sp³-hybridized carbons (Fsp3) is 0.278. The summed E-state index contributed by atoms with van der Waals surface area (Å²) in [7, 11) is 0. The van der Waals surface area contributed by atoms with Crippen molar-refractivity contribution in [3.63, 3.8) is 0 Å². The van der Waals surface area contributed by atoms with E-state index in [2.05, 4.69) is 25.9 Å². The molecule has 2 nitrogen and oxygen atoms in total. The van der Waals surface area contributed by atoms with Crippen LogP contribution in [0.1, 0.15) is 34.1 Å². The topological polar surface area (TPSA) is 35.9 Å². The number of rotatable bonds is 3. The molecule has 2 rings (SSSR count). The highest BCUT2D eigenvalue weighted by Gasteiger charge is 1.97. The summed E-state index contributed by atoms with van der Waals surface area (Å²) in [5.74, 6) is -0.195. The molecular weight excluding hydrogens is 263 g/mol. The lowest BCUT2D eigenvalue weighted by Gasteiger charge is -2.05. The summed E-state index contributed by atoms with van der Waals surface area (Å²) in [6, 6.07) is 10.7. The summed E-state index contributed by atoms with van der Waals surface area (Å²) in [4.78, 5) is 0. The van der Waals surface area contributed by atoms with Crippen LogP contribution in [0.15, 0.2) is 48.2 Å². The number of fused-ring (bicyclic) bond motifs is 1. The molecule has 0 aliphatic rings. The first-order valence-corrected chi connectivity index (χ1v) is 7.16. The summed E-state index contributed by atoms with van der Waals surface area (Å²) in [5.41, 5.74) is 2.32. The second kappa shape index (κ2) is 10.6. The predicted molar refractivity (Wildman–Crippen MR) is 92.8 cm³/mol. The van der Waals surface area contributed by atoms with Crippen LogP contribution in [0.5, 0.6) is 0 Å². The zero-order chi connectivity index (χ0) is 16.3. The van der Waals surface area contributed by atoms with Crippen molar-refractivity contribution >= 4 is 23.2 Å². The molecule has 0 bridgehead atoms. The molecule has 114 valence electrons. The number of anilines is 1. The second-order valence-electron chi connectivity index (χ2n) is 4.19. The van der Waals surface area contributed by atoms with E-state index in [9.17, 15) is 4.39 Å². The maximum Gasteiger partial charge on any atom is 0.123 e. The van der Waals surface area contributed by atoms with Crippen molar-refractivity contribution in [2.24, 2.45) is 0 Å². The molecule has 2 aromatic carbocycles. The van der Waals surface area contributed by atoms with Crippen molar-refractivity contribution in [1.82, 2.24) is 0 Å². The van der Waals surface area contributed by atoms with Crippen LogP contribution >= 0.6 is 0 Å². The van der Waals surface area contributed by atoms with Gasteiger partial charge >= 0.3 is 0 Å². The Morgan fingerprint density at radius 3 is 2.33 bits per heavy atom. The van der Waals surface area contributed by atoms with E-state index < -0.39 is 0 Å². The molecule has 0 aliphatic carbocycles. The minimum atomic E-state index is -0.195. The molecule has 0 spiro atoms. The van der Waals surface area contributed by atoms with E-state index in [4.69, 9.17) is 5.41 Å². The molecular formula is C18H25FN2. The maximum atomic E-state index is 13.0. The van der Waals surface area contributed by atoms with Gasteiger partial charge in [0.2, 0.25) is 0 Å². The Morgan fingerprint density at radius 1 is 1.14 bits per heavy atom. The van der Waals surface area contributed by atoms with E-state index >= 15 is 0 Å². The van der Waals surface area contributed by atoms with E-state index in [1.807, 2.05) is 38.2 Å². The van der Waals surface area contributed by atoms with Crippen LogP contribution < -0.4 is 5.32 Å². The van der Waals surface area contributed by atoms with Gasteiger partial charge in [-0.1, -0.05) is 38.5 Å². The van der Waals surface area contributed by atoms with Crippen LogP contribution in [-0.4, -0.2) is 6.72 Å². The summed E-state index contributed by atoms with van der Waals surface area (Å²) in [5, 5.41) is 10.7. The van der Waals surface area contributed by atoms with Crippen molar-refractivity contribution in [2.75, 3.05) is 5.32 Å². The van der Waals surface area contributed by atoms with E-state index in [1.165, 1.54) is 11.6 Å². The van der Waals surface area contributed by atoms with Crippen molar-refractivity contribution in [3.05, 3.63) is 54.0 Å². The summed E-state index contributed by atoms with van der Waals surface area (Å²) >= 11 is 0.